The van der Waals surface area contributed by atoms with Crippen LogP contribution in [0.1, 0.15) is 20.3 Å². The Morgan fingerprint density at radius 3 is 2.88 bits per heavy atom. The van der Waals surface area contributed by atoms with Crippen LogP contribution in [0.4, 0.5) is 0 Å². The van der Waals surface area contributed by atoms with Crippen molar-refractivity contribution >= 4 is 5.91 Å². The fourth-order valence-corrected chi connectivity index (χ4v) is 1.08. The number of ether oxygens (including phenoxy) is 1. The van der Waals surface area contributed by atoms with Gasteiger partial charge >= 0.3 is 0 Å². The number of hydrogen-bond donors (Lipinski definition) is 3. The highest BCUT2D eigenvalue weighted by atomic mass is 16.6. The quantitative estimate of drug-likeness (QED) is 0.295. The Morgan fingerprint density at radius 2 is 2.31 bits per heavy atom. The summed E-state index contributed by atoms with van der Waals surface area (Å²) in [6.07, 6.45) is 0.504. The summed E-state index contributed by atoms with van der Waals surface area (Å²) in [5.41, 5.74) is 2.11. The molecule has 3 N–H and O–H groups in total. The molecule has 1 atom stereocenters. The molecule has 0 bridgehead atoms. The molecule has 1 aliphatic heterocycles. The Bertz CT molecular complexity index is 229. The Kier molecular flexibility index (Phi) is 5.14. The number of aliphatic hydroxyl groups is 1. The standard InChI is InChI=1S/C10H20N2O4/c1-10(2,3-6-16-11-4-5-13)9(14)12-8-7-15-8/h8,11,13H,3-7H2,1-2H3,(H,12,14). The van der Waals surface area contributed by atoms with Crippen LogP contribution in [0.3, 0.4) is 0 Å². The minimum atomic E-state index is -0.479. The number of aliphatic hydroxyl groups excluding tert-OH is 1. The largest absolute Gasteiger partial charge is 0.395 e. The number of rotatable bonds is 8. The maximum atomic E-state index is 11.7. The number of epoxide rings is 1. The molecule has 0 aromatic carbocycles. The third-order valence-corrected chi connectivity index (χ3v) is 2.39. The van der Waals surface area contributed by atoms with Crippen molar-refractivity contribution in [1.82, 2.24) is 10.8 Å². The van der Waals surface area contributed by atoms with Crippen LogP contribution in [-0.2, 0) is 14.4 Å². The van der Waals surface area contributed by atoms with E-state index in [4.69, 9.17) is 14.7 Å². The van der Waals surface area contributed by atoms with Crippen molar-refractivity contribution in [3.05, 3.63) is 0 Å². The first-order chi connectivity index (χ1) is 7.56. The lowest BCUT2D eigenvalue weighted by Crippen LogP contribution is -2.39. The van der Waals surface area contributed by atoms with Crippen molar-refractivity contribution in [2.45, 2.75) is 26.5 Å². The van der Waals surface area contributed by atoms with Gasteiger partial charge in [-0.3, -0.25) is 4.79 Å². The van der Waals surface area contributed by atoms with Crippen molar-refractivity contribution in [2.24, 2.45) is 5.41 Å². The van der Waals surface area contributed by atoms with Crippen LogP contribution < -0.4 is 10.8 Å². The fourth-order valence-electron chi connectivity index (χ4n) is 1.08. The summed E-state index contributed by atoms with van der Waals surface area (Å²) in [5, 5.41) is 11.3. The van der Waals surface area contributed by atoms with Gasteiger partial charge in [-0.05, 0) is 6.42 Å². The predicted octanol–water partition coefficient (Wildman–Crippen LogP) is -0.611. The summed E-state index contributed by atoms with van der Waals surface area (Å²) in [4.78, 5) is 16.8. The second-order valence-electron chi connectivity index (χ2n) is 4.40. The lowest BCUT2D eigenvalue weighted by molar-refractivity contribution is -0.131. The van der Waals surface area contributed by atoms with Crippen LogP contribution in [0, 0.1) is 5.41 Å². The molecule has 1 fully saturated rings. The second kappa shape index (κ2) is 6.15. The molecule has 1 amide bonds. The minimum absolute atomic E-state index is 0.0271. The zero-order chi connectivity index (χ0) is 12.0. The normalized spacial score (nSPS) is 19.6. The molecular weight excluding hydrogens is 212 g/mol. The highest BCUT2D eigenvalue weighted by Crippen LogP contribution is 2.21. The number of hydroxylamine groups is 1. The number of amides is 1. The van der Waals surface area contributed by atoms with Gasteiger partial charge in [0.1, 0.15) is 0 Å². The van der Waals surface area contributed by atoms with Crippen molar-refractivity contribution in [3.63, 3.8) is 0 Å². The first kappa shape index (κ1) is 13.4. The number of hydrogen-bond acceptors (Lipinski definition) is 5. The topological polar surface area (TPSA) is 83.1 Å². The zero-order valence-electron chi connectivity index (χ0n) is 9.78. The molecule has 0 aliphatic carbocycles. The van der Waals surface area contributed by atoms with Gasteiger partial charge < -0.3 is 20.0 Å². The minimum Gasteiger partial charge on any atom is -0.395 e. The lowest BCUT2D eigenvalue weighted by Gasteiger charge is -2.22. The van der Waals surface area contributed by atoms with Gasteiger partial charge in [-0.1, -0.05) is 13.8 Å². The molecule has 1 rings (SSSR count). The summed E-state index contributed by atoms with van der Waals surface area (Å²) < 4.78 is 4.93. The lowest BCUT2D eigenvalue weighted by atomic mass is 9.89. The van der Waals surface area contributed by atoms with Gasteiger partial charge in [0, 0.05) is 12.0 Å². The summed E-state index contributed by atoms with van der Waals surface area (Å²) in [5.74, 6) is -0.0271. The number of nitrogens with one attached hydrogen (secondary N) is 2. The van der Waals surface area contributed by atoms with Gasteiger partial charge in [-0.25, -0.2) is 5.48 Å². The molecule has 6 heteroatoms. The first-order valence-electron chi connectivity index (χ1n) is 5.44. The van der Waals surface area contributed by atoms with Gasteiger partial charge in [-0.2, -0.15) is 0 Å². The van der Waals surface area contributed by atoms with Gasteiger partial charge in [0.2, 0.25) is 5.91 Å². The Morgan fingerprint density at radius 1 is 1.62 bits per heavy atom. The van der Waals surface area contributed by atoms with Crippen molar-refractivity contribution < 1.29 is 19.5 Å². The maximum absolute atomic E-state index is 11.7. The van der Waals surface area contributed by atoms with Gasteiger partial charge in [0.05, 0.1) is 19.8 Å². The zero-order valence-corrected chi connectivity index (χ0v) is 9.78. The van der Waals surface area contributed by atoms with E-state index >= 15 is 0 Å². The highest BCUT2D eigenvalue weighted by Gasteiger charge is 2.33. The summed E-state index contributed by atoms with van der Waals surface area (Å²) in [7, 11) is 0. The average molecular weight is 232 g/mol. The van der Waals surface area contributed by atoms with E-state index in [0.29, 0.717) is 26.2 Å². The summed E-state index contributed by atoms with van der Waals surface area (Å²) >= 11 is 0. The second-order valence-corrected chi connectivity index (χ2v) is 4.40. The fraction of sp³-hybridized carbons (Fsp3) is 0.900. The van der Waals surface area contributed by atoms with Crippen molar-refractivity contribution in [2.75, 3.05) is 26.4 Å². The van der Waals surface area contributed by atoms with E-state index in [1.165, 1.54) is 0 Å². The Labute approximate surface area is 95.3 Å². The van der Waals surface area contributed by atoms with E-state index in [1.54, 1.807) is 0 Å². The van der Waals surface area contributed by atoms with Crippen LogP contribution in [-0.4, -0.2) is 43.6 Å². The van der Waals surface area contributed by atoms with Gasteiger partial charge in [-0.15, -0.1) is 0 Å². The number of carbonyl (C=O) groups is 1. The van der Waals surface area contributed by atoms with Gasteiger partial charge in [0.15, 0.2) is 6.23 Å². The summed E-state index contributed by atoms with van der Waals surface area (Å²) in [6.45, 7) is 5.17. The molecule has 6 nitrogen and oxygen atoms in total. The Balaban J connectivity index is 2.13. The van der Waals surface area contributed by atoms with E-state index in [-0.39, 0.29) is 18.7 Å². The van der Waals surface area contributed by atoms with E-state index in [0.717, 1.165) is 0 Å². The van der Waals surface area contributed by atoms with Crippen LogP contribution >= 0.6 is 0 Å². The molecule has 0 spiro atoms. The molecule has 0 aromatic heterocycles. The maximum Gasteiger partial charge on any atom is 0.227 e. The monoisotopic (exact) mass is 232 g/mol. The number of carbonyl (C=O) groups excluding carboxylic acids is 1. The van der Waals surface area contributed by atoms with E-state index in [9.17, 15) is 4.79 Å². The third kappa shape index (κ3) is 4.89. The van der Waals surface area contributed by atoms with Crippen LogP contribution in [0.5, 0.6) is 0 Å². The molecule has 0 radical (unpaired) electrons. The van der Waals surface area contributed by atoms with E-state index in [2.05, 4.69) is 10.8 Å². The molecule has 16 heavy (non-hydrogen) atoms. The highest BCUT2D eigenvalue weighted by molar-refractivity contribution is 5.82. The van der Waals surface area contributed by atoms with E-state index < -0.39 is 5.41 Å². The molecular formula is C10H20N2O4. The smallest absolute Gasteiger partial charge is 0.227 e. The van der Waals surface area contributed by atoms with Crippen LogP contribution in [0.2, 0.25) is 0 Å². The SMILES string of the molecule is CC(C)(CCONCCO)C(=O)NC1CO1. The molecule has 1 saturated heterocycles. The van der Waals surface area contributed by atoms with E-state index in [1.807, 2.05) is 13.8 Å². The molecule has 0 saturated carbocycles. The third-order valence-electron chi connectivity index (χ3n) is 2.39. The van der Waals surface area contributed by atoms with Crippen LogP contribution in [0.25, 0.3) is 0 Å². The predicted molar refractivity (Wildman–Crippen MR) is 57.3 cm³/mol. The molecule has 0 aromatic rings. The molecule has 94 valence electrons. The molecule has 1 aliphatic rings. The van der Waals surface area contributed by atoms with Gasteiger partial charge in [0.25, 0.3) is 0 Å². The first-order valence-corrected chi connectivity index (χ1v) is 5.44. The average Bonchev–Trinajstić information content (AvgIpc) is 3.01. The van der Waals surface area contributed by atoms with Crippen molar-refractivity contribution in [3.8, 4) is 0 Å². The van der Waals surface area contributed by atoms with Crippen molar-refractivity contribution in [1.29, 1.82) is 0 Å². The molecule has 1 heterocycles. The summed E-state index contributed by atoms with van der Waals surface area (Å²) in [6, 6.07) is 0. The van der Waals surface area contributed by atoms with Crippen LogP contribution in [0.15, 0.2) is 0 Å². The Hall–Kier alpha value is -0.690. The molecule has 1 unspecified atom stereocenters.